The molecule has 250 valence electrons. The van der Waals surface area contributed by atoms with Gasteiger partial charge in [-0.25, -0.2) is 9.98 Å². The second-order valence-corrected chi connectivity index (χ2v) is 13.8. The molecule has 0 saturated heterocycles. The van der Waals surface area contributed by atoms with Gasteiger partial charge in [-0.05, 0) is 77.0 Å². The minimum atomic E-state index is -0.230. The van der Waals surface area contributed by atoms with Crippen LogP contribution in [-0.4, -0.2) is 23.6 Å². The van der Waals surface area contributed by atoms with Crippen LogP contribution in [0.2, 0.25) is 0 Å². The van der Waals surface area contributed by atoms with Crippen LogP contribution in [0.25, 0.3) is 65.3 Å². The van der Waals surface area contributed by atoms with Gasteiger partial charge >= 0.3 is 0 Å². The molecular formula is C50H35N3. The Morgan fingerprint density at radius 3 is 1.60 bits per heavy atom. The number of hydrogen-bond donors (Lipinski definition) is 0. The molecule has 1 aliphatic heterocycles. The van der Waals surface area contributed by atoms with E-state index in [2.05, 4.69) is 176 Å². The van der Waals surface area contributed by atoms with E-state index in [1.54, 1.807) is 0 Å². The Morgan fingerprint density at radius 2 is 0.943 bits per heavy atom. The summed E-state index contributed by atoms with van der Waals surface area (Å²) < 4.78 is 0. The highest BCUT2D eigenvalue weighted by Crippen LogP contribution is 2.42. The number of aliphatic imine (C=N–C) groups is 2. The summed E-state index contributed by atoms with van der Waals surface area (Å²) in [5.74, 6) is 1.65. The van der Waals surface area contributed by atoms with Gasteiger partial charge in [0.2, 0.25) is 0 Å². The van der Waals surface area contributed by atoms with Crippen molar-refractivity contribution in [1.29, 1.82) is 0 Å². The van der Waals surface area contributed by atoms with E-state index in [0.29, 0.717) is 0 Å². The van der Waals surface area contributed by atoms with E-state index in [1.807, 2.05) is 24.3 Å². The maximum Gasteiger partial charge on any atom is 0.159 e. The van der Waals surface area contributed by atoms with Crippen molar-refractivity contribution in [3.8, 4) is 22.3 Å². The lowest BCUT2D eigenvalue weighted by Crippen LogP contribution is -2.35. The molecule has 1 atom stereocenters. The van der Waals surface area contributed by atoms with E-state index in [1.165, 1.54) is 65.3 Å². The van der Waals surface area contributed by atoms with E-state index in [0.717, 1.165) is 28.4 Å². The highest BCUT2D eigenvalue weighted by Gasteiger charge is 2.27. The number of nitrogens with zero attached hydrogens (tertiary/aromatic N) is 3. The summed E-state index contributed by atoms with van der Waals surface area (Å²) in [5, 5.41) is 10.2. The van der Waals surface area contributed by atoms with Gasteiger partial charge in [-0.2, -0.15) is 0 Å². The summed E-state index contributed by atoms with van der Waals surface area (Å²) >= 11 is 0. The van der Waals surface area contributed by atoms with E-state index < -0.39 is 0 Å². The quantitative estimate of drug-likeness (QED) is 0.167. The summed E-state index contributed by atoms with van der Waals surface area (Å²) in [6.45, 7) is 0. The van der Waals surface area contributed by atoms with Crippen LogP contribution in [0.4, 0.5) is 0 Å². The summed E-state index contributed by atoms with van der Waals surface area (Å²) in [7, 11) is 2.09. The lowest BCUT2D eigenvalue weighted by Gasteiger charge is -2.32. The first-order valence-corrected chi connectivity index (χ1v) is 18.2. The normalized spacial score (nSPS) is 14.5. The van der Waals surface area contributed by atoms with Crippen molar-refractivity contribution < 1.29 is 0 Å². The van der Waals surface area contributed by atoms with E-state index in [9.17, 15) is 0 Å². The number of amidine groups is 2. The Balaban J connectivity index is 1.11. The Labute approximate surface area is 308 Å². The molecule has 9 aromatic carbocycles. The standard InChI is InChI=1S/C50H35N3/c1-53-49(36-17-6-3-7-18-36)51-48(35-15-4-2-5-16-35)52-50(53)37-26-24-34(25-27-37)40-30-28-33-14-8-9-19-39(33)47(40)38-29-31-45-43-22-11-10-20-41(43)42-21-12-13-23-44(42)46(45)32-38/h2-32,50H,1H3. The van der Waals surface area contributed by atoms with Crippen LogP contribution in [0, 0.1) is 0 Å². The molecule has 0 saturated carbocycles. The van der Waals surface area contributed by atoms with Gasteiger partial charge in [0.25, 0.3) is 0 Å². The number of benzene rings is 9. The van der Waals surface area contributed by atoms with Gasteiger partial charge in [-0.3, -0.25) is 0 Å². The first kappa shape index (κ1) is 30.9. The first-order chi connectivity index (χ1) is 26.2. The fourth-order valence-corrected chi connectivity index (χ4v) is 8.13. The Morgan fingerprint density at radius 1 is 0.415 bits per heavy atom. The average Bonchev–Trinajstić information content (AvgIpc) is 3.24. The maximum absolute atomic E-state index is 5.22. The highest BCUT2D eigenvalue weighted by molar-refractivity contribution is 6.26. The number of fused-ring (bicyclic) bond motifs is 7. The summed E-state index contributed by atoms with van der Waals surface area (Å²) in [4.78, 5) is 12.5. The summed E-state index contributed by atoms with van der Waals surface area (Å²) in [6, 6.07) is 67.5. The SMILES string of the molecule is CN1C(c2ccccc2)=NC(c2ccccc2)=NC1c1ccc(-c2ccc3ccccc3c2-c2ccc3c4ccccc4c4ccccc4c3c2)cc1. The molecule has 0 aliphatic carbocycles. The maximum atomic E-state index is 5.22. The van der Waals surface area contributed by atoms with Crippen molar-refractivity contribution in [3.05, 3.63) is 205 Å². The van der Waals surface area contributed by atoms with E-state index in [4.69, 9.17) is 9.98 Å². The third-order valence-corrected chi connectivity index (χ3v) is 10.7. The smallest absolute Gasteiger partial charge is 0.159 e. The molecule has 0 fully saturated rings. The van der Waals surface area contributed by atoms with Gasteiger partial charge in [0, 0.05) is 18.2 Å². The molecule has 3 heteroatoms. The van der Waals surface area contributed by atoms with Crippen molar-refractivity contribution in [2.75, 3.05) is 7.05 Å². The average molecular weight is 678 g/mol. The van der Waals surface area contributed by atoms with Crippen LogP contribution < -0.4 is 0 Å². The predicted octanol–water partition coefficient (Wildman–Crippen LogP) is 12.5. The summed E-state index contributed by atoms with van der Waals surface area (Å²) in [6.07, 6.45) is -0.230. The molecule has 53 heavy (non-hydrogen) atoms. The van der Waals surface area contributed by atoms with Crippen LogP contribution >= 0.6 is 0 Å². The van der Waals surface area contributed by atoms with Gasteiger partial charge < -0.3 is 4.90 Å². The van der Waals surface area contributed by atoms with Gasteiger partial charge in [-0.15, -0.1) is 0 Å². The van der Waals surface area contributed by atoms with Gasteiger partial charge in [0.15, 0.2) is 5.84 Å². The van der Waals surface area contributed by atoms with Crippen LogP contribution in [0.3, 0.4) is 0 Å². The fourth-order valence-electron chi connectivity index (χ4n) is 8.13. The van der Waals surface area contributed by atoms with Gasteiger partial charge in [-0.1, -0.05) is 182 Å². The summed E-state index contributed by atoms with van der Waals surface area (Å²) in [5.41, 5.74) is 8.01. The third kappa shape index (κ3) is 5.29. The van der Waals surface area contributed by atoms with Gasteiger partial charge in [0.05, 0.1) is 0 Å². The van der Waals surface area contributed by atoms with E-state index >= 15 is 0 Å². The minimum Gasteiger partial charge on any atom is -0.333 e. The van der Waals surface area contributed by atoms with Crippen molar-refractivity contribution in [1.82, 2.24) is 4.90 Å². The molecule has 1 unspecified atom stereocenters. The van der Waals surface area contributed by atoms with Crippen LogP contribution in [-0.2, 0) is 0 Å². The molecule has 0 spiro atoms. The lowest BCUT2D eigenvalue weighted by molar-refractivity contribution is 0.383. The molecule has 3 nitrogen and oxygen atoms in total. The topological polar surface area (TPSA) is 28.0 Å². The molecule has 0 aromatic heterocycles. The molecule has 1 heterocycles. The Kier molecular flexibility index (Phi) is 7.43. The molecule has 1 aliphatic rings. The molecule has 10 rings (SSSR count). The zero-order chi connectivity index (χ0) is 35.3. The second kappa shape index (κ2) is 12.7. The molecule has 0 amide bonds. The van der Waals surface area contributed by atoms with Crippen molar-refractivity contribution in [2.24, 2.45) is 9.98 Å². The number of rotatable bonds is 5. The predicted molar refractivity (Wildman–Crippen MR) is 224 cm³/mol. The monoisotopic (exact) mass is 677 g/mol. The van der Waals surface area contributed by atoms with Crippen molar-refractivity contribution >= 4 is 54.8 Å². The molecule has 0 bridgehead atoms. The van der Waals surface area contributed by atoms with Crippen molar-refractivity contribution in [3.63, 3.8) is 0 Å². The molecule has 9 aromatic rings. The Bertz CT molecular complexity index is 2850. The minimum absolute atomic E-state index is 0.230. The Hall–Kier alpha value is -6.84. The van der Waals surface area contributed by atoms with Crippen LogP contribution in [0.15, 0.2) is 198 Å². The zero-order valence-electron chi connectivity index (χ0n) is 29.3. The number of hydrogen-bond acceptors (Lipinski definition) is 3. The van der Waals surface area contributed by atoms with E-state index in [-0.39, 0.29) is 6.17 Å². The lowest BCUT2D eigenvalue weighted by atomic mass is 9.87. The van der Waals surface area contributed by atoms with Crippen molar-refractivity contribution in [2.45, 2.75) is 6.17 Å². The fraction of sp³-hybridized carbons (Fsp3) is 0.0400. The second-order valence-electron chi connectivity index (χ2n) is 13.8. The first-order valence-electron chi connectivity index (χ1n) is 18.2. The van der Waals surface area contributed by atoms with Crippen LogP contribution in [0.1, 0.15) is 22.9 Å². The largest absolute Gasteiger partial charge is 0.333 e. The van der Waals surface area contributed by atoms with Crippen LogP contribution in [0.5, 0.6) is 0 Å². The molecule has 0 N–H and O–H groups in total. The third-order valence-electron chi connectivity index (χ3n) is 10.7. The van der Waals surface area contributed by atoms with Gasteiger partial charge in [0.1, 0.15) is 12.0 Å². The zero-order valence-corrected chi connectivity index (χ0v) is 29.3. The molecular weight excluding hydrogens is 643 g/mol. The highest BCUT2D eigenvalue weighted by atomic mass is 15.3. The molecule has 0 radical (unpaired) electrons.